The molecule has 0 bridgehead atoms. The van der Waals surface area contributed by atoms with Gasteiger partial charge in [-0.1, -0.05) is 18.2 Å². The SMILES string of the molecule is O=C(O)Cc1cn(CC(=O)NC2CC2)c2ccccc12. The molecule has 2 aromatic rings. The zero-order valence-electron chi connectivity index (χ0n) is 11.0. The van der Waals surface area contributed by atoms with E-state index in [1.54, 1.807) is 6.20 Å². The lowest BCUT2D eigenvalue weighted by Crippen LogP contribution is -2.29. The first-order valence-corrected chi connectivity index (χ1v) is 6.71. The highest BCUT2D eigenvalue weighted by Crippen LogP contribution is 2.22. The molecule has 5 heteroatoms. The minimum Gasteiger partial charge on any atom is -0.481 e. The van der Waals surface area contributed by atoms with Crippen molar-refractivity contribution in [3.8, 4) is 0 Å². The van der Waals surface area contributed by atoms with Gasteiger partial charge >= 0.3 is 5.97 Å². The van der Waals surface area contributed by atoms with E-state index in [4.69, 9.17) is 5.11 Å². The first-order chi connectivity index (χ1) is 9.63. The Balaban J connectivity index is 1.89. The number of carbonyl (C=O) groups is 2. The van der Waals surface area contributed by atoms with E-state index in [0.717, 1.165) is 29.3 Å². The van der Waals surface area contributed by atoms with Crippen LogP contribution >= 0.6 is 0 Å². The molecule has 0 spiro atoms. The molecule has 3 rings (SSSR count). The van der Waals surface area contributed by atoms with Crippen molar-refractivity contribution in [1.82, 2.24) is 9.88 Å². The molecule has 1 heterocycles. The van der Waals surface area contributed by atoms with Crippen LogP contribution in [-0.2, 0) is 22.6 Å². The Labute approximate surface area is 116 Å². The van der Waals surface area contributed by atoms with E-state index in [0.29, 0.717) is 6.04 Å². The number of carbonyl (C=O) groups excluding carboxylic acids is 1. The van der Waals surface area contributed by atoms with Gasteiger partial charge in [0.25, 0.3) is 0 Å². The van der Waals surface area contributed by atoms with Gasteiger partial charge in [-0.2, -0.15) is 0 Å². The molecule has 0 unspecified atom stereocenters. The molecule has 1 saturated carbocycles. The van der Waals surface area contributed by atoms with Gasteiger partial charge in [0.1, 0.15) is 6.54 Å². The number of carboxylic acid groups (broad SMARTS) is 1. The Morgan fingerprint density at radius 2 is 2.05 bits per heavy atom. The van der Waals surface area contributed by atoms with Crippen LogP contribution in [0.2, 0.25) is 0 Å². The molecule has 2 N–H and O–H groups in total. The average Bonchev–Trinajstić information content (AvgIpc) is 3.14. The molecule has 0 radical (unpaired) electrons. The standard InChI is InChI=1S/C15H16N2O3/c18-14(16-11-5-6-11)9-17-8-10(7-15(19)20)12-3-1-2-4-13(12)17/h1-4,8,11H,5-7,9H2,(H,16,18)(H,19,20). The van der Waals surface area contributed by atoms with Gasteiger partial charge in [-0.3, -0.25) is 9.59 Å². The maximum absolute atomic E-state index is 11.9. The number of rotatable bonds is 5. The van der Waals surface area contributed by atoms with Gasteiger partial charge in [0, 0.05) is 23.1 Å². The van der Waals surface area contributed by atoms with E-state index in [1.807, 2.05) is 28.8 Å². The van der Waals surface area contributed by atoms with E-state index in [2.05, 4.69) is 5.32 Å². The number of nitrogens with one attached hydrogen (secondary N) is 1. The zero-order chi connectivity index (χ0) is 14.1. The number of aliphatic carboxylic acids is 1. The van der Waals surface area contributed by atoms with E-state index < -0.39 is 5.97 Å². The summed E-state index contributed by atoms with van der Waals surface area (Å²) in [7, 11) is 0. The Bertz CT molecular complexity index is 671. The lowest BCUT2D eigenvalue weighted by Gasteiger charge is -2.05. The molecule has 1 aliphatic carbocycles. The number of nitrogens with zero attached hydrogens (tertiary/aromatic N) is 1. The Morgan fingerprint density at radius 3 is 2.75 bits per heavy atom. The Hall–Kier alpha value is -2.30. The van der Waals surface area contributed by atoms with Crippen molar-refractivity contribution in [1.29, 1.82) is 0 Å². The van der Waals surface area contributed by atoms with Crippen molar-refractivity contribution in [3.05, 3.63) is 36.0 Å². The monoisotopic (exact) mass is 272 g/mol. The van der Waals surface area contributed by atoms with E-state index >= 15 is 0 Å². The molecule has 0 saturated heterocycles. The lowest BCUT2D eigenvalue weighted by atomic mass is 10.1. The Morgan fingerprint density at radius 1 is 1.30 bits per heavy atom. The van der Waals surface area contributed by atoms with Gasteiger partial charge in [-0.25, -0.2) is 0 Å². The third kappa shape index (κ3) is 2.66. The van der Waals surface area contributed by atoms with Crippen LogP contribution in [0.5, 0.6) is 0 Å². The largest absolute Gasteiger partial charge is 0.481 e. The molecule has 0 atom stereocenters. The number of fused-ring (bicyclic) bond motifs is 1. The van der Waals surface area contributed by atoms with Crippen LogP contribution in [0.3, 0.4) is 0 Å². The second-order valence-electron chi connectivity index (χ2n) is 5.21. The van der Waals surface area contributed by atoms with Crippen LogP contribution in [0.4, 0.5) is 0 Å². The summed E-state index contributed by atoms with van der Waals surface area (Å²) in [5.74, 6) is -0.884. The number of para-hydroxylation sites is 1. The molecular formula is C15H16N2O3. The third-order valence-electron chi connectivity index (χ3n) is 3.47. The van der Waals surface area contributed by atoms with Crippen LogP contribution < -0.4 is 5.32 Å². The molecule has 1 aromatic carbocycles. The van der Waals surface area contributed by atoms with Crippen LogP contribution in [-0.4, -0.2) is 27.6 Å². The number of hydrogen-bond donors (Lipinski definition) is 2. The molecular weight excluding hydrogens is 256 g/mol. The maximum atomic E-state index is 11.9. The van der Waals surface area contributed by atoms with Crippen molar-refractivity contribution in [2.45, 2.75) is 31.8 Å². The van der Waals surface area contributed by atoms with Crippen LogP contribution in [0.25, 0.3) is 10.9 Å². The fraction of sp³-hybridized carbons (Fsp3) is 0.333. The van der Waals surface area contributed by atoms with E-state index in [9.17, 15) is 9.59 Å². The minimum atomic E-state index is -0.865. The Kier molecular flexibility index (Phi) is 3.18. The summed E-state index contributed by atoms with van der Waals surface area (Å²) in [6.45, 7) is 0.233. The predicted molar refractivity (Wildman–Crippen MR) is 74.4 cm³/mol. The highest BCUT2D eigenvalue weighted by Gasteiger charge is 2.23. The van der Waals surface area contributed by atoms with Crippen LogP contribution in [0.1, 0.15) is 18.4 Å². The molecule has 20 heavy (non-hydrogen) atoms. The fourth-order valence-corrected chi connectivity index (χ4v) is 2.41. The number of carboxylic acids is 1. The van der Waals surface area contributed by atoms with Crippen molar-refractivity contribution in [2.24, 2.45) is 0 Å². The number of amides is 1. The zero-order valence-corrected chi connectivity index (χ0v) is 11.0. The second kappa shape index (κ2) is 5.00. The summed E-state index contributed by atoms with van der Waals surface area (Å²) in [6, 6.07) is 7.90. The molecule has 1 fully saturated rings. The molecule has 0 aliphatic heterocycles. The smallest absolute Gasteiger partial charge is 0.307 e. The predicted octanol–water partition coefficient (Wildman–Crippen LogP) is 1.55. The molecule has 5 nitrogen and oxygen atoms in total. The third-order valence-corrected chi connectivity index (χ3v) is 3.47. The van der Waals surface area contributed by atoms with Crippen LogP contribution in [0, 0.1) is 0 Å². The van der Waals surface area contributed by atoms with Gasteiger partial charge in [-0.05, 0) is 24.5 Å². The lowest BCUT2D eigenvalue weighted by molar-refractivity contribution is -0.136. The van der Waals surface area contributed by atoms with Gasteiger partial charge in [0.05, 0.1) is 6.42 Å². The average molecular weight is 272 g/mol. The fourth-order valence-electron chi connectivity index (χ4n) is 2.41. The first kappa shape index (κ1) is 12.7. The number of hydrogen-bond acceptors (Lipinski definition) is 2. The molecule has 1 aliphatic rings. The van der Waals surface area contributed by atoms with E-state index in [1.165, 1.54) is 0 Å². The van der Waals surface area contributed by atoms with Crippen molar-refractivity contribution in [2.75, 3.05) is 0 Å². The second-order valence-corrected chi connectivity index (χ2v) is 5.21. The number of aromatic nitrogens is 1. The summed E-state index contributed by atoms with van der Waals surface area (Å²) in [5.41, 5.74) is 1.64. The molecule has 104 valence electrons. The summed E-state index contributed by atoms with van der Waals surface area (Å²) < 4.78 is 1.82. The summed E-state index contributed by atoms with van der Waals surface area (Å²) in [5, 5.41) is 12.8. The van der Waals surface area contributed by atoms with Crippen molar-refractivity contribution in [3.63, 3.8) is 0 Å². The van der Waals surface area contributed by atoms with Crippen LogP contribution in [0.15, 0.2) is 30.5 Å². The highest BCUT2D eigenvalue weighted by molar-refractivity contribution is 5.89. The normalized spacial score (nSPS) is 14.4. The first-order valence-electron chi connectivity index (χ1n) is 6.71. The molecule has 1 aromatic heterocycles. The summed E-state index contributed by atoms with van der Waals surface area (Å²) in [4.78, 5) is 22.8. The van der Waals surface area contributed by atoms with Gasteiger partial charge < -0.3 is 15.0 Å². The van der Waals surface area contributed by atoms with Crippen molar-refractivity contribution >= 4 is 22.8 Å². The number of benzene rings is 1. The van der Waals surface area contributed by atoms with Gasteiger partial charge in [0.15, 0.2) is 0 Å². The van der Waals surface area contributed by atoms with Gasteiger partial charge in [-0.15, -0.1) is 0 Å². The molecule has 1 amide bonds. The maximum Gasteiger partial charge on any atom is 0.307 e. The van der Waals surface area contributed by atoms with Crippen molar-refractivity contribution < 1.29 is 14.7 Å². The minimum absolute atomic E-state index is 0.0184. The van der Waals surface area contributed by atoms with E-state index in [-0.39, 0.29) is 18.9 Å². The quantitative estimate of drug-likeness (QED) is 0.867. The summed E-state index contributed by atoms with van der Waals surface area (Å²) in [6.07, 6.45) is 3.86. The highest BCUT2D eigenvalue weighted by atomic mass is 16.4. The summed E-state index contributed by atoms with van der Waals surface area (Å²) >= 11 is 0. The topological polar surface area (TPSA) is 71.3 Å². The van der Waals surface area contributed by atoms with Gasteiger partial charge in [0.2, 0.25) is 5.91 Å².